The first kappa shape index (κ1) is 21.6. The molecule has 0 spiro atoms. The predicted molar refractivity (Wildman–Crippen MR) is 116 cm³/mol. The fourth-order valence-corrected chi connectivity index (χ4v) is 3.83. The predicted octanol–water partition coefficient (Wildman–Crippen LogP) is 3.87. The zero-order valence-corrected chi connectivity index (χ0v) is 17.6. The molecule has 0 aromatic heterocycles. The average molecular weight is 431 g/mol. The van der Waals surface area contributed by atoms with E-state index in [0.29, 0.717) is 48.9 Å². The van der Waals surface area contributed by atoms with Crippen LogP contribution in [0, 0.1) is 17.0 Å². The topological polar surface area (TPSA) is 95.8 Å². The second-order valence-electron chi connectivity index (χ2n) is 7.05. The third-order valence-corrected chi connectivity index (χ3v) is 5.53. The van der Waals surface area contributed by atoms with Gasteiger partial charge in [0.15, 0.2) is 0 Å². The van der Waals surface area contributed by atoms with Crippen LogP contribution in [0.25, 0.3) is 0 Å². The van der Waals surface area contributed by atoms with E-state index in [4.69, 9.17) is 11.6 Å². The van der Waals surface area contributed by atoms with E-state index < -0.39 is 10.8 Å². The maximum atomic E-state index is 12.6. The number of halogens is 1. The van der Waals surface area contributed by atoms with Crippen molar-refractivity contribution in [2.75, 3.05) is 36.4 Å². The maximum Gasteiger partial charge on any atom is 0.273 e. The number of nitro benzene ring substituents is 1. The van der Waals surface area contributed by atoms with Crippen LogP contribution >= 0.6 is 11.6 Å². The van der Waals surface area contributed by atoms with Crippen molar-refractivity contribution in [1.29, 1.82) is 0 Å². The van der Waals surface area contributed by atoms with Gasteiger partial charge in [-0.25, -0.2) is 0 Å². The molecule has 0 radical (unpaired) electrons. The van der Waals surface area contributed by atoms with Gasteiger partial charge in [-0.15, -0.1) is 0 Å². The Kier molecular flexibility index (Phi) is 6.56. The number of carbonyl (C=O) groups is 2. The third kappa shape index (κ3) is 4.54. The van der Waals surface area contributed by atoms with Gasteiger partial charge in [0.1, 0.15) is 0 Å². The lowest BCUT2D eigenvalue weighted by atomic mass is 10.1. The minimum absolute atomic E-state index is 0.100. The zero-order valence-electron chi connectivity index (χ0n) is 16.9. The second-order valence-corrected chi connectivity index (χ2v) is 7.46. The van der Waals surface area contributed by atoms with Crippen molar-refractivity contribution in [1.82, 2.24) is 4.90 Å². The van der Waals surface area contributed by atoms with Crippen molar-refractivity contribution >= 4 is 40.5 Å². The van der Waals surface area contributed by atoms with Gasteiger partial charge >= 0.3 is 0 Å². The molecular formula is C21H23ClN4O4. The van der Waals surface area contributed by atoms with Crippen LogP contribution in [0.2, 0.25) is 5.02 Å². The number of anilines is 2. The Morgan fingerprint density at radius 2 is 1.87 bits per heavy atom. The fourth-order valence-electron chi connectivity index (χ4n) is 3.53. The summed E-state index contributed by atoms with van der Waals surface area (Å²) < 4.78 is 0. The van der Waals surface area contributed by atoms with Crippen LogP contribution < -0.4 is 10.2 Å². The molecule has 0 unspecified atom stereocenters. The maximum absolute atomic E-state index is 12.6. The van der Waals surface area contributed by atoms with Crippen LogP contribution in [-0.4, -0.2) is 47.8 Å². The Morgan fingerprint density at radius 3 is 2.47 bits per heavy atom. The first-order valence-electron chi connectivity index (χ1n) is 9.69. The molecule has 30 heavy (non-hydrogen) atoms. The molecule has 1 heterocycles. The zero-order chi connectivity index (χ0) is 21.8. The molecule has 1 saturated heterocycles. The van der Waals surface area contributed by atoms with E-state index in [1.165, 1.54) is 12.1 Å². The summed E-state index contributed by atoms with van der Waals surface area (Å²) in [5, 5.41) is 14.3. The molecule has 0 bridgehead atoms. The van der Waals surface area contributed by atoms with Gasteiger partial charge in [0.05, 0.1) is 15.6 Å². The summed E-state index contributed by atoms with van der Waals surface area (Å²) in [6.07, 6.45) is 0.499. The van der Waals surface area contributed by atoms with Crippen LogP contribution in [0.4, 0.5) is 17.1 Å². The Labute approximate surface area is 179 Å². The summed E-state index contributed by atoms with van der Waals surface area (Å²) in [4.78, 5) is 39.0. The van der Waals surface area contributed by atoms with E-state index in [9.17, 15) is 19.7 Å². The van der Waals surface area contributed by atoms with E-state index in [1.54, 1.807) is 25.1 Å². The summed E-state index contributed by atoms with van der Waals surface area (Å²) in [5.41, 5.74) is 1.78. The molecule has 2 amide bonds. The summed E-state index contributed by atoms with van der Waals surface area (Å²) in [6.45, 7) is 6.06. The van der Waals surface area contributed by atoms with Gasteiger partial charge in [0.2, 0.25) is 5.91 Å². The molecular weight excluding hydrogens is 408 g/mol. The largest absolute Gasteiger partial charge is 0.367 e. The van der Waals surface area contributed by atoms with E-state index in [1.807, 2.05) is 17.9 Å². The average Bonchev–Trinajstić information content (AvgIpc) is 2.73. The second kappa shape index (κ2) is 9.13. The SMILES string of the molecule is CCC(=O)N1CCN(c2ccc(NC(=O)c3cccc([N+](=O)[O-])c3C)cc2Cl)CC1. The molecule has 1 N–H and O–H groups in total. The third-order valence-electron chi connectivity index (χ3n) is 5.23. The van der Waals surface area contributed by atoms with Gasteiger partial charge in [-0.1, -0.05) is 24.6 Å². The van der Waals surface area contributed by atoms with E-state index in [-0.39, 0.29) is 17.2 Å². The van der Waals surface area contributed by atoms with Crippen LogP contribution in [0.1, 0.15) is 29.3 Å². The lowest BCUT2D eigenvalue weighted by molar-refractivity contribution is -0.385. The van der Waals surface area contributed by atoms with E-state index in [0.717, 1.165) is 5.69 Å². The molecule has 1 aliphatic rings. The number of nitrogens with one attached hydrogen (secondary N) is 1. The smallest absolute Gasteiger partial charge is 0.273 e. The van der Waals surface area contributed by atoms with Crippen LogP contribution in [0.5, 0.6) is 0 Å². The highest BCUT2D eigenvalue weighted by atomic mass is 35.5. The number of nitrogens with zero attached hydrogens (tertiary/aromatic N) is 3. The van der Waals surface area contributed by atoms with Gasteiger partial charge < -0.3 is 15.1 Å². The molecule has 1 aliphatic heterocycles. The highest BCUT2D eigenvalue weighted by Crippen LogP contribution is 2.30. The van der Waals surface area contributed by atoms with Gasteiger partial charge in [-0.2, -0.15) is 0 Å². The number of hydrogen-bond acceptors (Lipinski definition) is 5. The van der Waals surface area contributed by atoms with Crippen molar-refractivity contribution < 1.29 is 14.5 Å². The summed E-state index contributed by atoms with van der Waals surface area (Å²) in [7, 11) is 0. The Bertz CT molecular complexity index is 987. The van der Waals surface area contributed by atoms with E-state index in [2.05, 4.69) is 10.2 Å². The molecule has 2 aromatic carbocycles. The molecule has 158 valence electrons. The van der Waals surface area contributed by atoms with Crippen molar-refractivity contribution in [2.24, 2.45) is 0 Å². The minimum atomic E-state index is -0.508. The Hall–Kier alpha value is -3.13. The number of benzene rings is 2. The number of rotatable bonds is 5. The van der Waals surface area contributed by atoms with Gasteiger partial charge in [0, 0.05) is 55.5 Å². The molecule has 1 fully saturated rings. The number of piperazine rings is 1. The Morgan fingerprint density at radius 1 is 1.17 bits per heavy atom. The number of nitro groups is 1. The molecule has 0 atom stereocenters. The first-order valence-corrected chi connectivity index (χ1v) is 10.1. The van der Waals surface area contributed by atoms with Crippen LogP contribution in [0.3, 0.4) is 0 Å². The van der Waals surface area contributed by atoms with E-state index >= 15 is 0 Å². The lowest BCUT2D eigenvalue weighted by Crippen LogP contribution is -2.48. The summed E-state index contributed by atoms with van der Waals surface area (Å²) in [5.74, 6) is -0.290. The minimum Gasteiger partial charge on any atom is -0.367 e. The standard InChI is InChI=1S/C21H23ClN4O4/c1-3-20(27)25-11-9-24(10-12-25)19-8-7-15(13-17(19)22)23-21(28)16-5-4-6-18(14(16)2)26(29)30/h4-8,13H,3,9-12H2,1-2H3,(H,23,28). The molecule has 8 nitrogen and oxygen atoms in total. The van der Waals surface area contributed by atoms with Crippen molar-refractivity contribution in [3.8, 4) is 0 Å². The van der Waals surface area contributed by atoms with Gasteiger partial charge in [0.25, 0.3) is 11.6 Å². The summed E-state index contributed by atoms with van der Waals surface area (Å²) in [6, 6.07) is 9.63. The van der Waals surface area contributed by atoms with Crippen molar-refractivity contribution in [2.45, 2.75) is 20.3 Å². The van der Waals surface area contributed by atoms with Crippen LogP contribution in [-0.2, 0) is 4.79 Å². The van der Waals surface area contributed by atoms with Crippen molar-refractivity contribution in [3.05, 3.63) is 62.7 Å². The van der Waals surface area contributed by atoms with Crippen LogP contribution in [0.15, 0.2) is 36.4 Å². The molecule has 9 heteroatoms. The fraction of sp³-hybridized carbons (Fsp3) is 0.333. The molecule has 0 aliphatic carbocycles. The summed E-state index contributed by atoms with van der Waals surface area (Å²) >= 11 is 6.45. The lowest BCUT2D eigenvalue weighted by Gasteiger charge is -2.36. The highest BCUT2D eigenvalue weighted by molar-refractivity contribution is 6.33. The quantitative estimate of drug-likeness (QED) is 0.573. The van der Waals surface area contributed by atoms with Gasteiger partial charge in [-0.3, -0.25) is 19.7 Å². The number of hydrogen-bond donors (Lipinski definition) is 1. The highest BCUT2D eigenvalue weighted by Gasteiger charge is 2.22. The molecule has 2 aromatic rings. The monoisotopic (exact) mass is 430 g/mol. The molecule has 3 rings (SSSR count). The van der Waals surface area contributed by atoms with Crippen molar-refractivity contribution in [3.63, 3.8) is 0 Å². The normalized spacial score (nSPS) is 13.8. The number of amides is 2. The number of carbonyl (C=O) groups excluding carboxylic acids is 2. The van der Waals surface area contributed by atoms with Gasteiger partial charge in [-0.05, 0) is 31.2 Å². The first-order chi connectivity index (χ1) is 14.3. The Balaban J connectivity index is 1.71. The molecule has 0 saturated carbocycles.